The summed E-state index contributed by atoms with van der Waals surface area (Å²) >= 11 is 5.99. The molecule has 0 radical (unpaired) electrons. The molecule has 2 aromatic rings. The molecule has 4 heteroatoms. The maximum atomic E-state index is 12.2. The third-order valence-electron chi connectivity index (χ3n) is 3.13. The second kappa shape index (κ2) is 5.55. The zero-order valence-electron chi connectivity index (χ0n) is 10.7. The van der Waals surface area contributed by atoms with Crippen LogP contribution in [0, 0.1) is 0 Å². The molecule has 0 aliphatic heterocycles. The molecule has 1 aromatic carbocycles. The molecule has 96 valence electrons. The average Bonchev–Trinajstić information content (AvgIpc) is 2.35. The average molecular weight is 265 g/mol. The molecular weight excluding hydrogens is 248 g/mol. The Bertz CT molecular complexity index is 619. The minimum Gasteiger partial charge on any atom is -0.320 e. The Morgan fingerprint density at radius 1 is 1.33 bits per heavy atom. The van der Waals surface area contributed by atoms with E-state index in [1.807, 2.05) is 31.3 Å². The van der Waals surface area contributed by atoms with Gasteiger partial charge in [-0.15, -0.1) is 0 Å². The Balaban J connectivity index is 2.48. The highest BCUT2D eigenvalue weighted by Gasteiger charge is 2.06. The zero-order chi connectivity index (χ0) is 13.1. The number of nitrogens with zero attached hydrogens (tertiary/aromatic N) is 1. The third kappa shape index (κ3) is 2.57. The van der Waals surface area contributed by atoms with Crippen LogP contribution in [0.15, 0.2) is 29.1 Å². The van der Waals surface area contributed by atoms with E-state index < -0.39 is 0 Å². The van der Waals surface area contributed by atoms with Gasteiger partial charge in [0.1, 0.15) is 0 Å². The van der Waals surface area contributed by atoms with Crippen LogP contribution in [0.25, 0.3) is 10.9 Å². The molecule has 1 heterocycles. The summed E-state index contributed by atoms with van der Waals surface area (Å²) in [5, 5.41) is 4.80. The van der Waals surface area contributed by atoms with Gasteiger partial charge in [0.2, 0.25) is 0 Å². The number of hydrogen-bond donors (Lipinski definition) is 1. The number of hydrogen-bond acceptors (Lipinski definition) is 2. The summed E-state index contributed by atoms with van der Waals surface area (Å²) in [5.74, 6) is 0. The van der Waals surface area contributed by atoms with Crippen molar-refractivity contribution in [3.63, 3.8) is 0 Å². The lowest BCUT2D eigenvalue weighted by Crippen LogP contribution is -2.22. The highest BCUT2D eigenvalue weighted by atomic mass is 35.5. The van der Waals surface area contributed by atoms with Crippen molar-refractivity contribution in [2.75, 3.05) is 13.6 Å². The van der Waals surface area contributed by atoms with Crippen molar-refractivity contribution < 1.29 is 0 Å². The predicted molar refractivity (Wildman–Crippen MR) is 76.4 cm³/mol. The topological polar surface area (TPSA) is 34.0 Å². The minimum absolute atomic E-state index is 0.0842. The Morgan fingerprint density at radius 3 is 2.83 bits per heavy atom. The molecule has 1 N–H and O–H groups in total. The zero-order valence-corrected chi connectivity index (χ0v) is 11.4. The molecule has 0 atom stereocenters. The maximum absolute atomic E-state index is 12.2. The number of rotatable bonds is 4. The van der Waals surface area contributed by atoms with Crippen LogP contribution in [0.2, 0.25) is 5.02 Å². The van der Waals surface area contributed by atoms with Crippen molar-refractivity contribution in [1.29, 1.82) is 0 Å². The van der Waals surface area contributed by atoms with Crippen LogP contribution in [0.1, 0.15) is 12.0 Å². The fourth-order valence-electron chi connectivity index (χ4n) is 2.16. The number of nitrogens with one attached hydrogen (secondary N) is 1. The van der Waals surface area contributed by atoms with Gasteiger partial charge in [-0.25, -0.2) is 0 Å². The van der Waals surface area contributed by atoms with Crippen molar-refractivity contribution >= 4 is 22.5 Å². The summed E-state index contributed by atoms with van der Waals surface area (Å²) in [6.07, 6.45) is 1.74. The van der Waals surface area contributed by atoms with Crippen molar-refractivity contribution in [3.8, 4) is 0 Å². The maximum Gasteiger partial charge on any atom is 0.253 e. The second-order valence-electron chi connectivity index (χ2n) is 4.44. The van der Waals surface area contributed by atoms with Crippen molar-refractivity contribution in [1.82, 2.24) is 9.88 Å². The van der Waals surface area contributed by atoms with Gasteiger partial charge in [-0.1, -0.05) is 11.6 Å². The van der Waals surface area contributed by atoms with Crippen LogP contribution in [-0.4, -0.2) is 18.2 Å². The Hall–Kier alpha value is -1.32. The summed E-state index contributed by atoms with van der Waals surface area (Å²) in [7, 11) is 3.72. The summed E-state index contributed by atoms with van der Waals surface area (Å²) in [5.41, 5.74) is 1.85. The quantitative estimate of drug-likeness (QED) is 0.860. The van der Waals surface area contributed by atoms with Crippen molar-refractivity contribution in [2.24, 2.45) is 7.05 Å². The lowest BCUT2D eigenvalue weighted by atomic mass is 10.1. The first kappa shape index (κ1) is 13.1. The van der Waals surface area contributed by atoms with Gasteiger partial charge in [0.15, 0.2) is 0 Å². The predicted octanol–water partition coefficient (Wildman–Crippen LogP) is 2.34. The summed E-state index contributed by atoms with van der Waals surface area (Å²) < 4.78 is 1.69. The summed E-state index contributed by atoms with van der Waals surface area (Å²) in [4.78, 5) is 12.2. The number of aryl methyl sites for hydroxylation is 2. The number of halogens is 1. The van der Waals surface area contributed by atoms with Gasteiger partial charge in [0.05, 0.1) is 5.52 Å². The molecule has 1 aromatic heterocycles. The Kier molecular flexibility index (Phi) is 4.04. The fourth-order valence-corrected chi connectivity index (χ4v) is 2.34. The van der Waals surface area contributed by atoms with E-state index in [4.69, 9.17) is 11.6 Å². The van der Waals surface area contributed by atoms with E-state index in [0.29, 0.717) is 5.02 Å². The molecule has 0 amide bonds. The highest BCUT2D eigenvalue weighted by Crippen LogP contribution is 2.18. The standard InChI is InChI=1S/C14H17ClN2O/c1-16-7-3-4-10-8-11-9-12(15)5-6-13(11)17(2)14(10)18/h5-6,8-9,16H,3-4,7H2,1-2H3. The Morgan fingerprint density at radius 2 is 2.11 bits per heavy atom. The fraction of sp³-hybridized carbons (Fsp3) is 0.357. The van der Waals surface area contributed by atoms with E-state index in [0.717, 1.165) is 35.9 Å². The van der Waals surface area contributed by atoms with Gasteiger partial charge in [-0.3, -0.25) is 4.79 Å². The molecule has 0 fully saturated rings. The van der Waals surface area contributed by atoms with E-state index in [1.165, 1.54) is 0 Å². The van der Waals surface area contributed by atoms with Gasteiger partial charge in [0, 0.05) is 23.0 Å². The molecule has 0 spiro atoms. The molecule has 0 saturated carbocycles. The number of aromatic nitrogens is 1. The lowest BCUT2D eigenvalue weighted by Gasteiger charge is -2.09. The van der Waals surface area contributed by atoms with Crippen LogP contribution in [0.5, 0.6) is 0 Å². The monoisotopic (exact) mass is 264 g/mol. The van der Waals surface area contributed by atoms with E-state index >= 15 is 0 Å². The van der Waals surface area contributed by atoms with E-state index in [2.05, 4.69) is 5.32 Å². The number of pyridine rings is 1. The second-order valence-corrected chi connectivity index (χ2v) is 4.88. The molecule has 18 heavy (non-hydrogen) atoms. The van der Waals surface area contributed by atoms with Crippen LogP contribution in [-0.2, 0) is 13.5 Å². The largest absolute Gasteiger partial charge is 0.320 e. The summed E-state index contributed by atoms with van der Waals surface area (Å²) in [6.45, 7) is 0.913. The normalized spacial score (nSPS) is 11.1. The first-order valence-electron chi connectivity index (χ1n) is 6.06. The minimum atomic E-state index is 0.0842. The van der Waals surface area contributed by atoms with Gasteiger partial charge >= 0.3 is 0 Å². The van der Waals surface area contributed by atoms with Gasteiger partial charge < -0.3 is 9.88 Å². The van der Waals surface area contributed by atoms with Crippen molar-refractivity contribution in [2.45, 2.75) is 12.8 Å². The first-order chi connectivity index (χ1) is 8.63. The van der Waals surface area contributed by atoms with Crippen LogP contribution < -0.4 is 10.9 Å². The van der Waals surface area contributed by atoms with Gasteiger partial charge in [0.25, 0.3) is 5.56 Å². The highest BCUT2D eigenvalue weighted by molar-refractivity contribution is 6.31. The first-order valence-corrected chi connectivity index (χ1v) is 6.44. The molecule has 2 rings (SSSR count). The summed E-state index contributed by atoms with van der Waals surface area (Å²) in [6, 6.07) is 7.55. The molecule has 0 aliphatic carbocycles. The molecule has 0 saturated heterocycles. The molecule has 3 nitrogen and oxygen atoms in total. The SMILES string of the molecule is CNCCCc1cc2cc(Cl)ccc2n(C)c1=O. The molecule has 0 aliphatic rings. The lowest BCUT2D eigenvalue weighted by molar-refractivity contribution is 0.716. The van der Waals surface area contributed by atoms with Crippen LogP contribution >= 0.6 is 11.6 Å². The van der Waals surface area contributed by atoms with E-state index in [1.54, 1.807) is 11.6 Å². The number of fused-ring (bicyclic) bond motifs is 1. The Labute approximate surface area is 111 Å². The van der Waals surface area contributed by atoms with E-state index in [9.17, 15) is 4.79 Å². The van der Waals surface area contributed by atoms with E-state index in [-0.39, 0.29) is 5.56 Å². The molecule has 0 bridgehead atoms. The third-order valence-corrected chi connectivity index (χ3v) is 3.37. The molecular formula is C14H17ClN2O. The smallest absolute Gasteiger partial charge is 0.253 e. The van der Waals surface area contributed by atoms with Crippen LogP contribution in [0.3, 0.4) is 0 Å². The van der Waals surface area contributed by atoms with Gasteiger partial charge in [-0.05, 0) is 50.7 Å². The van der Waals surface area contributed by atoms with Crippen LogP contribution in [0.4, 0.5) is 0 Å². The van der Waals surface area contributed by atoms with Crippen molar-refractivity contribution in [3.05, 3.63) is 45.2 Å². The molecule has 0 unspecified atom stereocenters. The van der Waals surface area contributed by atoms with Gasteiger partial charge in [-0.2, -0.15) is 0 Å². The number of benzene rings is 1.